The van der Waals surface area contributed by atoms with Crippen LogP contribution in [0.2, 0.25) is 0 Å². The Morgan fingerprint density at radius 3 is 2.76 bits per heavy atom. The average molecular weight is 287 g/mol. The Morgan fingerprint density at radius 2 is 2.05 bits per heavy atom. The van der Waals surface area contributed by atoms with Gasteiger partial charge in [0.2, 0.25) is 11.7 Å². The van der Waals surface area contributed by atoms with Gasteiger partial charge in [0.25, 0.3) is 0 Å². The maximum atomic E-state index is 5.26. The number of hydrogen-bond acceptors (Lipinski definition) is 7. The maximum absolute atomic E-state index is 5.26. The summed E-state index contributed by atoms with van der Waals surface area (Å²) in [6.07, 6.45) is 1.88. The fourth-order valence-electron chi connectivity index (χ4n) is 1.90. The van der Waals surface area contributed by atoms with Crippen LogP contribution in [0.1, 0.15) is 11.5 Å². The van der Waals surface area contributed by atoms with Crippen molar-refractivity contribution in [2.75, 3.05) is 14.2 Å². The molecule has 3 aromatic rings. The molecule has 1 aromatic carbocycles. The summed E-state index contributed by atoms with van der Waals surface area (Å²) >= 11 is 0. The van der Waals surface area contributed by atoms with Crippen LogP contribution in [0.4, 0.5) is 0 Å². The lowest BCUT2D eigenvalue weighted by molar-refractivity contribution is 0.354. The Morgan fingerprint density at radius 1 is 1.19 bits per heavy atom. The molecule has 8 nitrogen and oxygen atoms in total. The summed E-state index contributed by atoms with van der Waals surface area (Å²) in [5.74, 6) is 2.66. The summed E-state index contributed by atoms with van der Waals surface area (Å²) in [7, 11) is 3.19. The van der Waals surface area contributed by atoms with Crippen molar-refractivity contribution in [3.63, 3.8) is 0 Å². The molecule has 21 heavy (non-hydrogen) atoms. The molecule has 0 aliphatic carbocycles. The van der Waals surface area contributed by atoms with Gasteiger partial charge >= 0.3 is 0 Å². The fraction of sp³-hybridized carbons (Fsp3) is 0.231. The molecule has 3 rings (SSSR count). The molecular formula is C13H13N5O3. The summed E-state index contributed by atoms with van der Waals surface area (Å²) in [4.78, 5) is 8.23. The van der Waals surface area contributed by atoms with Crippen LogP contribution in [0.25, 0.3) is 11.6 Å². The first-order valence-electron chi connectivity index (χ1n) is 6.19. The highest BCUT2D eigenvalue weighted by Crippen LogP contribution is 2.28. The van der Waals surface area contributed by atoms with E-state index in [0.717, 1.165) is 5.56 Å². The molecule has 0 aliphatic heterocycles. The topological polar surface area (TPSA) is 99.0 Å². The van der Waals surface area contributed by atoms with Crippen LogP contribution in [0.5, 0.6) is 11.5 Å². The van der Waals surface area contributed by atoms with Gasteiger partial charge in [-0.2, -0.15) is 10.1 Å². The zero-order chi connectivity index (χ0) is 14.7. The van der Waals surface area contributed by atoms with Crippen LogP contribution < -0.4 is 9.47 Å². The van der Waals surface area contributed by atoms with Crippen molar-refractivity contribution in [3.8, 4) is 23.1 Å². The van der Waals surface area contributed by atoms with Gasteiger partial charge in [0.05, 0.1) is 20.6 Å². The number of hydrogen-bond donors (Lipinski definition) is 1. The molecule has 0 fully saturated rings. The number of nitrogens with one attached hydrogen (secondary N) is 1. The van der Waals surface area contributed by atoms with Crippen LogP contribution in [0.15, 0.2) is 29.0 Å². The van der Waals surface area contributed by atoms with E-state index in [4.69, 9.17) is 14.0 Å². The molecule has 0 aliphatic rings. The third-order valence-electron chi connectivity index (χ3n) is 2.90. The van der Waals surface area contributed by atoms with Gasteiger partial charge in [0.1, 0.15) is 6.33 Å². The monoisotopic (exact) mass is 287 g/mol. The number of methoxy groups -OCH3 is 2. The summed E-state index contributed by atoms with van der Waals surface area (Å²) in [6, 6.07) is 5.62. The van der Waals surface area contributed by atoms with Gasteiger partial charge in [-0.05, 0) is 17.7 Å². The number of aromatic nitrogens is 5. The Labute approximate surface area is 120 Å². The van der Waals surface area contributed by atoms with Gasteiger partial charge < -0.3 is 14.0 Å². The van der Waals surface area contributed by atoms with Gasteiger partial charge in [0, 0.05) is 0 Å². The van der Waals surface area contributed by atoms with Crippen molar-refractivity contribution in [1.82, 2.24) is 25.3 Å². The third kappa shape index (κ3) is 2.69. The van der Waals surface area contributed by atoms with E-state index in [9.17, 15) is 0 Å². The van der Waals surface area contributed by atoms with E-state index in [2.05, 4.69) is 25.3 Å². The van der Waals surface area contributed by atoms with E-state index in [1.807, 2.05) is 18.2 Å². The largest absolute Gasteiger partial charge is 0.493 e. The van der Waals surface area contributed by atoms with Crippen molar-refractivity contribution in [2.24, 2.45) is 0 Å². The molecule has 8 heteroatoms. The van der Waals surface area contributed by atoms with E-state index in [0.29, 0.717) is 35.5 Å². The van der Waals surface area contributed by atoms with Crippen LogP contribution >= 0.6 is 0 Å². The highest BCUT2D eigenvalue weighted by atomic mass is 16.5. The average Bonchev–Trinajstić information content (AvgIpc) is 3.17. The van der Waals surface area contributed by atoms with Crippen LogP contribution in [0, 0.1) is 0 Å². The lowest BCUT2D eigenvalue weighted by atomic mass is 10.1. The zero-order valence-corrected chi connectivity index (χ0v) is 11.5. The van der Waals surface area contributed by atoms with E-state index >= 15 is 0 Å². The molecule has 0 unspecified atom stereocenters. The number of H-pyrrole nitrogens is 1. The van der Waals surface area contributed by atoms with Gasteiger partial charge in [-0.25, -0.2) is 4.98 Å². The minimum absolute atomic E-state index is 0.378. The predicted octanol–water partition coefficient (Wildman–Crippen LogP) is 1.46. The number of benzene rings is 1. The smallest absolute Gasteiger partial charge is 0.239 e. The zero-order valence-electron chi connectivity index (χ0n) is 11.5. The van der Waals surface area contributed by atoms with Gasteiger partial charge in [-0.1, -0.05) is 11.2 Å². The highest BCUT2D eigenvalue weighted by molar-refractivity contribution is 5.44. The van der Waals surface area contributed by atoms with Gasteiger partial charge in [-0.3, -0.25) is 5.10 Å². The number of rotatable bonds is 5. The Hall–Kier alpha value is -2.90. The number of nitrogens with zero attached hydrogens (tertiary/aromatic N) is 4. The molecule has 108 valence electrons. The molecule has 0 saturated heterocycles. The van der Waals surface area contributed by atoms with Crippen molar-refractivity contribution in [2.45, 2.75) is 6.42 Å². The Kier molecular flexibility index (Phi) is 3.50. The quantitative estimate of drug-likeness (QED) is 0.758. The highest BCUT2D eigenvalue weighted by Gasteiger charge is 2.12. The Balaban J connectivity index is 1.81. The van der Waals surface area contributed by atoms with E-state index in [1.165, 1.54) is 6.33 Å². The lowest BCUT2D eigenvalue weighted by Crippen LogP contribution is -1.94. The van der Waals surface area contributed by atoms with Crippen molar-refractivity contribution >= 4 is 0 Å². The molecule has 0 amide bonds. The minimum atomic E-state index is 0.378. The normalized spacial score (nSPS) is 10.6. The van der Waals surface area contributed by atoms with Gasteiger partial charge in [0.15, 0.2) is 17.3 Å². The molecule has 0 radical (unpaired) electrons. The van der Waals surface area contributed by atoms with E-state index < -0.39 is 0 Å². The van der Waals surface area contributed by atoms with Crippen molar-refractivity contribution in [1.29, 1.82) is 0 Å². The maximum Gasteiger partial charge on any atom is 0.239 e. The van der Waals surface area contributed by atoms with Crippen molar-refractivity contribution in [3.05, 3.63) is 36.0 Å². The summed E-state index contributed by atoms with van der Waals surface area (Å²) in [6.45, 7) is 0. The van der Waals surface area contributed by atoms with Crippen LogP contribution in [-0.2, 0) is 6.42 Å². The molecule has 0 saturated carbocycles. The van der Waals surface area contributed by atoms with Crippen molar-refractivity contribution < 1.29 is 14.0 Å². The number of ether oxygens (including phenoxy) is 2. The van der Waals surface area contributed by atoms with Crippen LogP contribution in [-0.4, -0.2) is 39.5 Å². The second kappa shape index (κ2) is 5.61. The summed E-state index contributed by atoms with van der Waals surface area (Å²) in [5.41, 5.74) is 0.973. The SMILES string of the molecule is COc1ccc(Cc2nc(-c3ncn[nH]3)no2)cc1OC. The fourth-order valence-corrected chi connectivity index (χ4v) is 1.90. The Bertz CT molecular complexity index is 723. The number of aromatic amines is 1. The summed E-state index contributed by atoms with van der Waals surface area (Å²) < 4.78 is 15.7. The lowest BCUT2D eigenvalue weighted by Gasteiger charge is -2.08. The second-order valence-electron chi connectivity index (χ2n) is 4.21. The molecule has 0 spiro atoms. The van der Waals surface area contributed by atoms with E-state index in [-0.39, 0.29) is 0 Å². The molecule has 2 heterocycles. The van der Waals surface area contributed by atoms with E-state index in [1.54, 1.807) is 14.2 Å². The predicted molar refractivity (Wildman–Crippen MR) is 72.0 cm³/mol. The minimum Gasteiger partial charge on any atom is -0.493 e. The first-order chi connectivity index (χ1) is 10.3. The molecular weight excluding hydrogens is 274 g/mol. The molecule has 1 N–H and O–H groups in total. The van der Waals surface area contributed by atoms with Crippen LogP contribution in [0.3, 0.4) is 0 Å². The molecule has 0 bridgehead atoms. The first kappa shape index (κ1) is 13.1. The standard InChI is InChI=1S/C13H13N5O3/c1-19-9-4-3-8(5-10(9)20-2)6-11-16-13(18-21-11)12-14-7-15-17-12/h3-5,7H,6H2,1-2H3,(H,14,15,17). The first-order valence-corrected chi connectivity index (χ1v) is 6.19. The third-order valence-corrected chi connectivity index (χ3v) is 2.90. The second-order valence-corrected chi connectivity index (χ2v) is 4.21. The van der Waals surface area contributed by atoms with Gasteiger partial charge in [-0.15, -0.1) is 0 Å². The molecule has 0 atom stereocenters. The molecule has 2 aromatic heterocycles. The summed E-state index contributed by atoms with van der Waals surface area (Å²) in [5, 5.41) is 10.3.